The number of ether oxygens (including phenoxy) is 1. The summed E-state index contributed by atoms with van der Waals surface area (Å²) in [6, 6.07) is 7.81. The minimum atomic E-state index is -0.899. The van der Waals surface area contributed by atoms with Crippen LogP contribution in [0.4, 0.5) is 11.4 Å². The van der Waals surface area contributed by atoms with Gasteiger partial charge in [-0.2, -0.15) is 0 Å². The molecule has 23 heavy (non-hydrogen) atoms. The van der Waals surface area contributed by atoms with Crippen LogP contribution in [0.3, 0.4) is 0 Å². The van der Waals surface area contributed by atoms with Crippen LogP contribution in [-0.4, -0.2) is 15.8 Å². The zero-order valence-corrected chi connectivity index (χ0v) is 12.3. The number of carbonyl (C=O) groups excluding carboxylic acids is 1. The molecule has 2 aromatic carbocycles. The standard InChI is InChI=1S/C15H12N2O6/c1-9-3-4-14(10(2)5-9)23-15(18)11-6-12(16(19)20)8-13(7-11)17(21)22/h3-8H,1-2H3. The number of nitro benzene ring substituents is 2. The van der Waals surface area contributed by atoms with Crippen molar-refractivity contribution in [2.45, 2.75) is 13.8 Å². The second kappa shape index (κ2) is 6.22. The summed E-state index contributed by atoms with van der Waals surface area (Å²) in [6.07, 6.45) is 0. The Kier molecular flexibility index (Phi) is 4.35. The van der Waals surface area contributed by atoms with Gasteiger partial charge in [0.05, 0.1) is 21.5 Å². The molecule has 0 spiro atoms. The summed E-state index contributed by atoms with van der Waals surface area (Å²) in [5.74, 6) is -0.612. The van der Waals surface area contributed by atoms with E-state index in [9.17, 15) is 25.0 Å². The molecule has 0 heterocycles. The molecular formula is C15H12N2O6. The van der Waals surface area contributed by atoms with Crippen molar-refractivity contribution in [1.29, 1.82) is 0 Å². The second-order valence-electron chi connectivity index (χ2n) is 4.91. The Labute approximate surface area is 130 Å². The molecule has 2 rings (SSSR count). The van der Waals surface area contributed by atoms with Crippen LogP contribution in [0.2, 0.25) is 0 Å². The molecule has 0 unspecified atom stereocenters. The SMILES string of the molecule is Cc1ccc(OC(=O)c2cc([N+](=O)[O-])cc([N+](=O)[O-])c2)c(C)c1. The fraction of sp³-hybridized carbons (Fsp3) is 0.133. The van der Waals surface area contributed by atoms with Crippen molar-refractivity contribution >= 4 is 17.3 Å². The van der Waals surface area contributed by atoms with Gasteiger partial charge in [0.15, 0.2) is 0 Å². The molecule has 0 aromatic heterocycles. The zero-order chi connectivity index (χ0) is 17.1. The van der Waals surface area contributed by atoms with Gasteiger partial charge in [0.1, 0.15) is 5.75 Å². The van der Waals surface area contributed by atoms with Gasteiger partial charge in [0.2, 0.25) is 0 Å². The van der Waals surface area contributed by atoms with Gasteiger partial charge in [-0.05, 0) is 25.5 Å². The first-order valence-corrected chi connectivity index (χ1v) is 6.51. The van der Waals surface area contributed by atoms with E-state index in [1.54, 1.807) is 25.1 Å². The molecule has 0 atom stereocenters. The smallest absolute Gasteiger partial charge is 0.344 e. The molecule has 0 saturated carbocycles. The highest BCUT2D eigenvalue weighted by molar-refractivity contribution is 5.92. The number of aryl methyl sites for hydroxylation is 2. The Morgan fingerprint density at radius 3 is 2.00 bits per heavy atom. The van der Waals surface area contributed by atoms with Gasteiger partial charge >= 0.3 is 5.97 Å². The zero-order valence-electron chi connectivity index (χ0n) is 12.3. The number of nitro groups is 2. The molecule has 0 N–H and O–H groups in total. The summed E-state index contributed by atoms with van der Waals surface area (Å²) in [5, 5.41) is 21.7. The van der Waals surface area contributed by atoms with E-state index < -0.39 is 27.2 Å². The maximum absolute atomic E-state index is 12.1. The summed E-state index contributed by atoms with van der Waals surface area (Å²) in [6.45, 7) is 3.62. The lowest BCUT2D eigenvalue weighted by atomic mass is 10.1. The first-order valence-electron chi connectivity index (χ1n) is 6.51. The van der Waals surface area contributed by atoms with Crippen molar-refractivity contribution in [3.8, 4) is 5.75 Å². The Morgan fingerprint density at radius 1 is 0.957 bits per heavy atom. The quantitative estimate of drug-likeness (QED) is 0.370. The third kappa shape index (κ3) is 3.67. The predicted octanol–water partition coefficient (Wildman–Crippen LogP) is 3.34. The summed E-state index contributed by atoms with van der Waals surface area (Å²) in [5.41, 5.74) is 0.330. The van der Waals surface area contributed by atoms with Gasteiger partial charge < -0.3 is 4.74 Å². The molecule has 118 valence electrons. The number of nitrogens with zero attached hydrogens (tertiary/aromatic N) is 2. The Balaban J connectivity index is 2.38. The molecule has 0 saturated heterocycles. The molecule has 0 aliphatic rings. The molecule has 0 aliphatic carbocycles. The van der Waals surface area contributed by atoms with E-state index in [4.69, 9.17) is 4.74 Å². The van der Waals surface area contributed by atoms with Gasteiger partial charge in [-0.25, -0.2) is 4.79 Å². The van der Waals surface area contributed by atoms with Crippen LogP contribution < -0.4 is 4.74 Å². The van der Waals surface area contributed by atoms with Crippen LogP contribution in [0.5, 0.6) is 5.75 Å². The lowest BCUT2D eigenvalue weighted by Crippen LogP contribution is -2.10. The van der Waals surface area contributed by atoms with E-state index in [1.165, 1.54) is 0 Å². The number of carbonyl (C=O) groups is 1. The first kappa shape index (κ1) is 16.1. The summed E-state index contributed by atoms with van der Waals surface area (Å²) >= 11 is 0. The van der Waals surface area contributed by atoms with E-state index in [0.29, 0.717) is 5.56 Å². The van der Waals surface area contributed by atoms with Crippen molar-refractivity contribution in [2.75, 3.05) is 0 Å². The molecule has 0 fully saturated rings. The van der Waals surface area contributed by atoms with E-state index in [-0.39, 0.29) is 11.3 Å². The van der Waals surface area contributed by atoms with E-state index in [2.05, 4.69) is 0 Å². The van der Waals surface area contributed by atoms with Crippen LogP contribution in [0.25, 0.3) is 0 Å². The number of rotatable bonds is 4. The lowest BCUT2D eigenvalue weighted by Gasteiger charge is -2.08. The Hall–Kier alpha value is -3.29. The average Bonchev–Trinajstić information content (AvgIpc) is 2.49. The molecule has 0 radical (unpaired) electrons. The average molecular weight is 316 g/mol. The highest BCUT2D eigenvalue weighted by Gasteiger charge is 2.21. The van der Waals surface area contributed by atoms with Crippen LogP contribution in [0.1, 0.15) is 21.5 Å². The third-order valence-corrected chi connectivity index (χ3v) is 3.09. The van der Waals surface area contributed by atoms with Crippen molar-refractivity contribution in [2.24, 2.45) is 0 Å². The number of benzene rings is 2. The van der Waals surface area contributed by atoms with Crippen LogP contribution in [-0.2, 0) is 0 Å². The van der Waals surface area contributed by atoms with Gasteiger partial charge in [-0.15, -0.1) is 0 Å². The van der Waals surface area contributed by atoms with Gasteiger partial charge in [-0.3, -0.25) is 20.2 Å². The van der Waals surface area contributed by atoms with Crippen LogP contribution >= 0.6 is 0 Å². The predicted molar refractivity (Wildman–Crippen MR) is 80.6 cm³/mol. The maximum Gasteiger partial charge on any atom is 0.344 e. The van der Waals surface area contributed by atoms with Crippen molar-refractivity contribution in [3.05, 3.63) is 73.3 Å². The minimum absolute atomic E-state index is 0.258. The highest BCUT2D eigenvalue weighted by Crippen LogP contribution is 2.25. The van der Waals surface area contributed by atoms with E-state index in [1.807, 2.05) is 6.92 Å². The molecule has 0 aliphatic heterocycles. The molecule has 2 aromatic rings. The second-order valence-corrected chi connectivity index (χ2v) is 4.91. The third-order valence-electron chi connectivity index (χ3n) is 3.09. The fourth-order valence-electron chi connectivity index (χ4n) is 2.00. The molecule has 8 nitrogen and oxygen atoms in total. The highest BCUT2D eigenvalue weighted by atomic mass is 16.6. The van der Waals surface area contributed by atoms with Crippen LogP contribution in [0, 0.1) is 34.1 Å². The summed E-state index contributed by atoms with van der Waals surface area (Å²) in [7, 11) is 0. The number of hydrogen-bond acceptors (Lipinski definition) is 6. The molecule has 8 heteroatoms. The van der Waals surface area contributed by atoms with Gasteiger partial charge in [-0.1, -0.05) is 17.7 Å². The molecule has 0 bridgehead atoms. The topological polar surface area (TPSA) is 113 Å². The fourth-order valence-corrected chi connectivity index (χ4v) is 2.00. The molecule has 0 amide bonds. The molecular weight excluding hydrogens is 304 g/mol. The van der Waals surface area contributed by atoms with Crippen LogP contribution in [0.15, 0.2) is 36.4 Å². The van der Waals surface area contributed by atoms with Crippen molar-refractivity contribution in [1.82, 2.24) is 0 Å². The van der Waals surface area contributed by atoms with E-state index >= 15 is 0 Å². The number of hydrogen-bond donors (Lipinski definition) is 0. The summed E-state index contributed by atoms with van der Waals surface area (Å²) in [4.78, 5) is 32.2. The summed E-state index contributed by atoms with van der Waals surface area (Å²) < 4.78 is 5.17. The number of non-ortho nitro benzene ring substituents is 2. The van der Waals surface area contributed by atoms with Gasteiger partial charge in [0, 0.05) is 12.1 Å². The minimum Gasteiger partial charge on any atom is -0.423 e. The Morgan fingerprint density at radius 2 is 1.52 bits per heavy atom. The lowest BCUT2D eigenvalue weighted by molar-refractivity contribution is -0.394. The Bertz CT molecular complexity index is 783. The largest absolute Gasteiger partial charge is 0.423 e. The number of esters is 1. The van der Waals surface area contributed by atoms with Crippen molar-refractivity contribution < 1.29 is 19.4 Å². The normalized spacial score (nSPS) is 10.2. The monoisotopic (exact) mass is 316 g/mol. The van der Waals surface area contributed by atoms with Gasteiger partial charge in [0.25, 0.3) is 11.4 Å². The van der Waals surface area contributed by atoms with Crippen molar-refractivity contribution in [3.63, 3.8) is 0 Å². The maximum atomic E-state index is 12.1. The van der Waals surface area contributed by atoms with E-state index in [0.717, 1.165) is 23.8 Å². The first-order chi connectivity index (χ1) is 10.8.